The van der Waals surface area contributed by atoms with Crippen molar-refractivity contribution in [3.05, 3.63) is 53.1 Å². The maximum Gasteiger partial charge on any atom is 0.304 e. The van der Waals surface area contributed by atoms with Crippen LogP contribution < -0.4 is 9.46 Å². The Labute approximate surface area is 289 Å². The van der Waals surface area contributed by atoms with Crippen molar-refractivity contribution >= 4 is 32.9 Å². The fraction of sp³-hybridized carbons (Fsp3) is 0.579. The first-order chi connectivity index (χ1) is 23.4. The molecule has 262 valence electrons. The molecule has 0 spiro atoms. The summed E-state index contributed by atoms with van der Waals surface area (Å²) >= 11 is 0. The summed E-state index contributed by atoms with van der Waals surface area (Å²) in [5.41, 5.74) is 4.00. The number of carbonyl (C=O) groups excluding carboxylic acids is 2. The molecular weight excluding hydrogens is 641 g/mol. The number of aliphatic hydroxyl groups is 1. The van der Waals surface area contributed by atoms with Gasteiger partial charge in [-0.15, -0.1) is 0 Å². The molecule has 4 fully saturated rings. The Balaban J connectivity index is 1.29. The Hall–Kier alpha value is -3.41. The van der Waals surface area contributed by atoms with Crippen molar-refractivity contribution in [3.8, 4) is 17.0 Å². The van der Waals surface area contributed by atoms with E-state index in [1.54, 1.807) is 13.2 Å². The summed E-state index contributed by atoms with van der Waals surface area (Å²) in [7, 11) is -2.25. The van der Waals surface area contributed by atoms with Crippen molar-refractivity contribution in [1.29, 1.82) is 0 Å². The van der Waals surface area contributed by atoms with Crippen LogP contribution in [0.4, 0.5) is 0 Å². The normalized spacial score (nSPS) is 28.8. The summed E-state index contributed by atoms with van der Waals surface area (Å²) in [5, 5.41) is 12.0. The Morgan fingerprint density at radius 2 is 1.65 bits per heavy atom. The molecule has 10 nitrogen and oxygen atoms in total. The highest BCUT2D eigenvalue weighted by Gasteiger charge is 2.52. The molecule has 1 aliphatic carbocycles. The van der Waals surface area contributed by atoms with Gasteiger partial charge in [-0.3, -0.25) is 9.59 Å². The van der Waals surface area contributed by atoms with Gasteiger partial charge in [-0.25, -0.2) is 4.72 Å². The molecule has 3 atom stereocenters. The van der Waals surface area contributed by atoms with Gasteiger partial charge < -0.3 is 19.3 Å². The topological polar surface area (TPSA) is 121 Å². The number of nitrogens with zero attached hydrogens (tertiary/aromatic N) is 3. The third-order valence-corrected chi connectivity index (χ3v) is 13.6. The van der Waals surface area contributed by atoms with E-state index in [0.717, 1.165) is 78.4 Å². The number of hydrogen-bond acceptors (Lipinski definition) is 6. The largest absolute Gasteiger partial charge is 0.497 e. The second-order valence-corrected chi connectivity index (χ2v) is 17.5. The number of amides is 2. The van der Waals surface area contributed by atoms with E-state index in [4.69, 9.17) is 4.74 Å². The van der Waals surface area contributed by atoms with Gasteiger partial charge in [0.05, 0.1) is 23.8 Å². The predicted molar refractivity (Wildman–Crippen MR) is 188 cm³/mol. The lowest BCUT2D eigenvalue weighted by molar-refractivity contribution is -0.151. The number of fused-ring (bicyclic) bond motifs is 7. The molecule has 8 rings (SSSR count). The van der Waals surface area contributed by atoms with Crippen LogP contribution in [0.3, 0.4) is 0 Å². The summed E-state index contributed by atoms with van der Waals surface area (Å²) in [5.74, 6) is 0.522. The minimum absolute atomic E-state index is 0.00781. The Bertz CT molecular complexity index is 1930. The van der Waals surface area contributed by atoms with Crippen LogP contribution >= 0.6 is 0 Å². The molecule has 4 aliphatic heterocycles. The summed E-state index contributed by atoms with van der Waals surface area (Å²) < 4.78 is 37.3. The zero-order valence-electron chi connectivity index (χ0n) is 28.8. The SMILES string of the molecule is COc1ccc2c(c1)CC(C)(C(=O)N1C3CCC1CC(C)(O)C3)Cn1c-2c(C2CCCCC2)c2ccc(C(=O)NS(=O)(=O)N3CCC3)cc21. The fourth-order valence-electron chi connectivity index (χ4n) is 9.69. The van der Waals surface area contributed by atoms with Crippen LogP contribution in [0.5, 0.6) is 5.75 Å². The number of ether oxygens (including phenoxy) is 1. The number of rotatable bonds is 6. The minimum Gasteiger partial charge on any atom is -0.497 e. The molecule has 0 radical (unpaired) electrons. The van der Waals surface area contributed by atoms with Gasteiger partial charge in [0.1, 0.15) is 5.75 Å². The Morgan fingerprint density at radius 3 is 2.31 bits per heavy atom. The molecule has 2 N–H and O–H groups in total. The molecular formula is C38H48N4O6S. The third-order valence-electron chi connectivity index (χ3n) is 12.1. The fourth-order valence-corrected chi connectivity index (χ4v) is 10.9. The van der Waals surface area contributed by atoms with Gasteiger partial charge in [-0.1, -0.05) is 25.3 Å². The number of carbonyl (C=O) groups is 2. The molecule has 1 aromatic heterocycles. The highest BCUT2D eigenvalue weighted by molar-refractivity contribution is 7.87. The first kappa shape index (κ1) is 32.8. The molecule has 1 saturated carbocycles. The van der Waals surface area contributed by atoms with Gasteiger partial charge >= 0.3 is 10.2 Å². The molecule has 5 aliphatic rings. The van der Waals surface area contributed by atoms with Gasteiger partial charge in [-0.05, 0) is 113 Å². The van der Waals surface area contributed by atoms with Crippen LogP contribution in [0.2, 0.25) is 0 Å². The second-order valence-electron chi connectivity index (χ2n) is 15.9. The average molecular weight is 689 g/mol. The van der Waals surface area contributed by atoms with Crippen molar-refractivity contribution in [2.24, 2.45) is 5.41 Å². The van der Waals surface area contributed by atoms with E-state index in [1.807, 2.05) is 25.1 Å². The van der Waals surface area contributed by atoms with Crippen LogP contribution in [0.1, 0.15) is 105 Å². The van der Waals surface area contributed by atoms with Gasteiger partial charge in [0.15, 0.2) is 0 Å². The number of methoxy groups -OCH3 is 1. The standard InChI is InChI=1S/C38H48N4O6S/c1-37(36(44)42-27-11-12-28(42)22-38(2,45)21-27)20-26-18-29(48-3)13-15-30(26)34-33(24-8-5-4-6-9-24)31-14-10-25(19-32(31)41(34)23-37)35(43)39-49(46,47)40-16-7-17-40/h10,13-15,18-19,24,27-28,45H,4-9,11-12,16-17,20-23H2,1-3H3,(H,39,43). The van der Waals surface area contributed by atoms with Gasteiger partial charge in [0, 0.05) is 53.7 Å². The number of hydrogen-bond donors (Lipinski definition) is 2. The van der Waals surface area contributed by atoms with Crippen molar-refractivity contribution in [2.75, 3.05) is 20.2 Å². The van der Waals surface area contributed by atoms with Crippen LogP contribution in [0, 0.1) is 5.41 Å². The van der Waals surface area contributed by atoms with Crippen molar-refractivity contribution in [2.45, 2.75) is 115 Å². The van der Waals surface area contributed by atoms with Crippen LogP contribution in [-0.4, -0.2) is 77.0 Å². The molecule has 2 aromatic carbocycles. The van der Waals surface area contributed by atoms with Gasteiger partial charge in [-0.2, -0.15) is 12.7 Å². The smallest absolute Gasteiger partial charge is 0.304 e. The van der Waals surface area contributed by atoms with Crippen LogP contribution in [0.15, 0.2) is 36.4 Å². The Kier molecular flexibility index (Phi) is 7.92. The van der Waals surface area contributed by atoms with Crippen molar-refractivity contribution in [1.82, 2.24) is 18.5 Å². The van der Waals surface area contributed by atoms with Gasteiger partial charge in [0.25, 0.3) is 5.91 Å². The van der Waals surface area contributed by atoms with Gasteiger partial charge in [0.2, 0.25) is 5.91 Å². The average Bonchev–Trinajstić information content (AvgIpc) is 3.45. The third kappa shape index (κ3) is 5.56. The second kappa shape index (κ2) is 11.8. The molecule has 2 amide bonds. The highest BCUT2D eigenvalue weighted by Crippen LogP contribution is 2.50. The summed E-state index contributed by atoms with van der Waals surface area (Å²) in [4.78, 5) is 30.6. The maximum absolute atomic E-state index is 15.0. The van der Waals surface area contributed by atoms with E-state index in [1.165, 1.54) is 16.3 Å². The van der Waals surface area contributed by atoms with E-state index in [-0.39, 0.29) is 23.6 Å². The molecule has 2 bridgehead atoms. The predicted octanol–water partition coefficient (Wildman–Crippen LogP) is 5.51. The van der Waals surface area contributed by atoms with Crippen molar-refractivity contribution in [3.63, 3.8) is 0 Å². The lowest BCUT2D eigenvalue weighted by atomic mass is 9.78. The number of nitrogens with one attached hydrogen (secondary N) is 1. The number of piperidine rings is 1. The number of benzene rings is 2. The summed E-state index contributed by atoms with van der Waals surface area (Å²) in [6.45, 7) is 5.19. The Morgan fingerprint density at radius 1 is 0.939 bits per heavy atom. The van der Waals surface area contributed by atoms with E-state index < -0.39 is 27.1 Å². The quantitative estimate of drug-likeness (QED) is 0.353. The highest BCUT2D eigenvalue weighted by atomic mass is 32.2. The lowest BCUT2D eigenvalue weighted by Crippen LogP contribution is -2.56. The molecule has 3 unspecified atom stereocenters. The maximum atomic E-state index is 15.0. The molecule has 5 heterocycles. The van der Waals surface area contributed by atoms with E-state index in [9.17, 15) is 18.3 Å². The van der Waals surface area contributed by atoms with E-state index in [2.05, 4.69) is 33.2 Å². The lowest BCUT2D eigenvalue weighted by Gasteiger charge is -2.45. The van der Waals surface area contributed by atoms with Crippen LogP contribution in [0.25, 0.3) is 22.2 Å². The summed E-state index contributed by atoms with van der Waals surface area (Å²) in [6.07, 6.45) is 9.92. The zero-order valence-corrected chi connectivity index (χ0v) is 29.7. The van der Waals surface area contributed by atoms with E-state index >= 15 is 4.79 Å². The minimum atomic E-state index is -3.91. The molecule has 11 heteroatoms. The van der Waals surface area contributed by atoms with Crippen LogP contribution in [-0.2, 0) is 28.0 Å². The van der Waals surface area contributed by atoms with E-state index in [0.29, 0.717) is 44.8 Å². The zero-order chi connectivity index (χ0) is 34.3. The monoisotopic (exact) mass is 688 g/mol. The first-order valence-electron chi connectivity index (χ1n) is 18.1. The molecule has 3 saturated heterocycles. The molecule has 49 heavy (non-hydrogen) atoms. The summed E-state index contributed by atoms with van der Waals surface area (Å²) in [6, 6.07) is 11.8. The molecule has 3 aromatic rings. The van der Waals surface area contributed by atoms with Crippen molar-refractivity contribution < 1.29 is 27.9 Å². The number of aromatic nitrogens is 1. The first-order valence-corrected chi connectivity index (χ1v) is 19.5.